The van der Waals surface area contributed by atoms with Gasteiger partial charge in [0.1, 0.15) is 11.6 Å². The highest BCUT2D eigenvalue weighted by molar-refractivity contribution is 6.00. The van der Waals surface area contributed by atoms with Gasteiger partial charge in [-0.1, -0.05) is 18.2 Å². The van der Waals surface area contributed by atoms with E-state index in [2.05, 4.69) is 0 Å². The summed E-state index contributed by atoms with van der Waals surface area (Å²) >= 11 is 0. The van der Waals surface area contributed by atoms with E-state index in [-0.39, 0.29) is 23.4 Å². The van der Waals surface area contributed by atoms with Crippen molar-refractivity contribution in [1.82, 2.24) is 0 Å². The molecule has 2 nitrogen and oxygen atoms in total. The summed E-state index contributed by atoms with van der Waals surface area (Å²) in [5, 5.41) is 0. The molecule has 1 fully saturated rings. The number of benzene rings is 2. The van der Waals surface area contributed by atoms with Crippen molar-refractivity contribution in [2.75, 3.05) is 7.11 Å². The van der Waals surface area contributed by atoms with Gasteiger partial charge in [-0.05, 0) is 54.7 Å². The molecule has 0 radical (unpaired) electrons. The predicted octanol–water partition coefficient (Wildman–Crippen LogP) is 4.13. The molecule has 1 aliphatic rings. The topological polar surface area (TPSA) is 26.3 Å². The van der Waals surface area contributed by atoms with Crippen LogP contribution in [-0.4, -0.2) is 12.9 Å². The fraction of sp³-hybridized carbons (Fsp3) is 0.278. The molecule has 3 rings (SSSR count). The highest BCUT2D eigenvalue weighted by Gasteiger charge is 2.45. The Hall–Kier alpha value is -2.16. The Morgan fingerprint density at radius 2 is 2.00 bits per heavy atom. The average molecular weight is 284 g/mol. The van der Waals surface area contributed by atoms with Crippen molar-refractivity contribution in [3.8, 4) is 5.75 Å². The molecule has 2 aromatic rings. The molecule has 108 valence electrons. The molecule has 0 bridgehead atoms. The van der Waals surface area contributed by atoms with E-state index in [1.165, 1.54) is 6.07 Å². The van der Waals surface area contributed by atoms with Crippen LogP contribution in [0.1, 0.15) is 33.8 Å². The van der Waals surface area contributed by atoms with Crippen molar-refractivity contribution < 1.29 is 13.9 Å². The molecule has 21 heavy (non-hydrogen) atoms. The zero-order valence-corrected chi connectivity index (χ0v) is 12.1. The van der Waals surface area contributed by atoms with E-state index in [4.69, 9.17) is 4.74 Å². The molecule has 3 heteroatoms. The van der Waals surface area contributed by atoms with E-state index in [9.17, 15) is 9.18 Å². The Bertz CT molecular complexity index is 693. The minimum atomic E-state index is -0.274. The molecule has 0 amide bonds. The number of methoxy groups -OCH3 is 1. The standard InChI is InChI=1S/C18H17FO2/c1-11-9-12(7-8-16(11)19)18(20)15-10-14(15)13-5-3-4-6-17(13)21-2/h3-9,14-15H,10H2,1-2H3. The lowest BCUT2D eigenvalue weighted by Gasteiger charge is -2.07. The number of Topliss-reactive ketones (excluding diaryl/α,β-unsaturated/α-hetero) is 1. The lowest BCUT2D eigenvalue weighted by atomic mass is 10.0. The number of hydrogen-bond donors (Lipinski definition) is 0. The van der Waals surface area contributed by atoms with Gasteiger partial charge in [-0.3, -0.25) is 4.79 Å². The summed E-state index contributed by atoms with van der Waals surface area (Å²) in [5.74, 6) is 0.830. The highest BCUT2D eigenvalue weighted by Crippen LogP contribution is 2.51. The van der Waals surface area contributed by atoms with E-state index in [1.54, 1.807) is 26.2 Å². The zero-order valence-electron chi connectivity index (χ0n) is 12.1. The third-order valence-electron chi connectivity index (χ3n) is 4.11. The van der Waals surface area contributed by atoms with Gasteiger partial charge in [-0.25, -0.2) is 4.39 Å². The molecule has 2 aromatic carbocycles. The van der Waals surface area contributed by atoms with Gasteiger partial charge in [-0.2, -0.15) is 0 Å². The van der Waals surface area contributed by atoms with Crippen molar-refractivity contribution in [3.63, 3.8) is 0 Å². The van der Waals surface area contributed by atoms with E-state index < -0.39 is 0 Å². The van der Waals surface area contributed by atoms with Gasteiger partial charge in [0.05, 0.1) is 7.11 Å². The molecule has 1 saturated carbocycles. The maximum absolute atomic E-state index is 13.3. The Morgan fingerprint density at radius 1 is 1.24 bits per heavy atom. The minimum absolute atomic E-state index is 0.0221. The SMILES string of the molecule is COc1ccccc1C1CC1C(=O)c1ccc(F)c(C)c1. The summed E-state index contributed by atoms with van der Waals surface area (Å²) < 4.78 is 18.6. The lowest BCUT2D eigenvalue weighted by molar-refractivity contribution is 0.0965. The quantitative estimate of drug-likeness (QED) is 0.789. The van der Waals surface area contributed by atoms with Crippen LogP contribution in [0.25, 0.3) is 0 Å². The second-order valence-corrected chi connectivity index (χ2v) is 5.52. The third kappa shape index (κ3) is 2.56. The number of hydrogen-bond acceptors (Lipinski definition) is 2. The zero-order chi connectivity index (χ0) is 15.0. The van der Waals surface area contributed by atoms with E-state index in [0.29, 0.717) is 11.1 Å². The molecule has 1 aliphatic carbocycles. The summed E-state index contributed by atoms with van der Waals surface area (Å²) in [5.41, 5.74) is 2.18. The van der Waals surface area contributed by atoms with Crippen LogP contribution in [0.15, 0.2) is 42.5 Å². The number of carbonyl (C=O) groups is 1. The van der Waals surface area contributed by atoms with E-state index >= 15 is 0 Å². The molecule has 0 aliphatic heterocycles. The summed E-state index contributed by atoms with van der Waals surface area (Å²) in [7, 11) is 1.64. The predicted molar refractivity (Wildman–Crippen MR) is 79.3 cm³/mol. The van der Waals surface area contributed by atoms with Crippen LogP contribution in [-0.2, 0) is 0 Å². The average Bonchev–Trinajstić information content (AvgIpc) is 3.29. The van der Waals surface area contributed by atoms with E-state index in [0.717, 1.165) is 17.7 Å². The number of aryl methyl sites for hydroxylation is 1. The van der Waals surface area contributed by atoms with Gasteiger partial charge < -0.3 is 4.74 Å². The molecule has 0 aromatic heterocycles. The molecule has 2 atom stereocenters. The Morgan fingerprint density at radius 3 is 2.71 bits per heavy atom. The summed E-state index contributed by atoms with van der Waals surface area (Å²) in [6.45, 7) is 1.68. The number of ether oxygens (including phenoxy) is 1. The highest BCUT2D eigenvalue weighted by atomic mass is 19.1. The van der Waals surface area contributed by atoms with Crippen LogP contribution < -0.4 is 4.74 Å². The normalized spacial score (nSPS) is 20.1. The molecule has 0 heterocycles. The maximum atomic E-state index is 13.3. The van der Waals surface area contributed by atoms with Gasteiger partial charge in [0.25, 0.3) is 0 Å². The number of rotatable bonds is 4. The van der Waals surface area contributed by atoms with Crippen molar-refractivity contribution >= 4 is 5.78 Å². The monoisotopic (exact) mass is 284 g/mol. The van der Waals surface area contributed by atoms with Gasteiger partial charge in [0.15, 0.2) is 5.78 Å². The second kappa shape index (κ2) is 5.32. The van der Waals surface area contributed by atoms with Crippen molar-refractivity contribution in [3.05, 3.63) is 65.0 Å². The largest absolute Gasteiger partial charge is 0.496 e. The number of ketones is 1. The first kappa shape index (κ1) is 13.8. The fourth-order valence-corrected chi connectivity index (χ4v) is 2.81. The molecule has 0 saturated heterocycles. The number of halogens is 1. The summed E-state index contributed by atoms with van der Waals surface area (Å²) in [6.07, 6.45) is 0.829. The maximum Gasteiger partial charge on any atom is 0.166 e. The molecule has 2 unspecified atom stereocenters. The molecular formula is C18H17FO2. The smallest absolute Gasteiger partial charge is 0.166 e. The van der Waals surface area contributed by atoms with E-state index in [1.807, 2.05) is 24.3 Å². The van der Waals surface area contributed by atoms with Gasteiger partial charge in [0.2, 0.25) is 0 Å². The van der Waals surface area contributed by atoms with Crippen LogP contribution in [0.3, 0.4) is 0 Å². The first-order valence-electron chi connectivity index (χ1n) is 7.05. The van der Waals surface area contributed by atoms with Crippen LogP contribution in [0.4, 0.5) is 4.39 Å². The van der Waals surface area contributed by atoms with Gasteiger partial charge in [-0.15, -0.1) is 0 Å². The number of para-hydroxylation sites is 1. The first-order valence-corrected chi connectivity index (χ1v) is 7.05. The molecular weight excluding hydrogens is 267 g/mol. The van der Waals surface area contributed by atoms with Crippen LogP contribution >= 0.6 is 0 Å². The van der Waals surface area contributed by atoms with Crippen LogP contribution in [0.2, 0.25) is 0 Å². The van der Waals surface area contributed by atoms with Crippen LogP contribution in [0, 0.1) is 18.7 Å². The summed E-state index contributed by atoms with van der Waals surface area (Å²) in [6, 6.07) is 12.4. The van der Waals surface area contributed by atoms with Gasteiger partial charge in [0, 0.05) is 11.5 Å². The number of carbonyl (C=O) groups excluding carboxylic acids is 1. The lowest BCUT2D eigenvalue weighted by Crippen LogP contribution is -2.04. The Balaban J connectivity index is 1.81. The third-order valence-corrected chi connectivity index (χ3v) is 4.11. The fourth-order valence-electron chi connectivity index (χ4n) is 2.81. The molecule has 0 spiro atoms. The van der Waals surface area contributed by atoms with Gasteiger partial charge >= 0.3 is 0 Å². The van der Waals surface area contributed by atoms with Crippen LogP contribution in [0.5, 0.6) is 5.75 Å². The second-order valence-electron chi connectivity index (χ2n) is 5.52. The van der Waals surface area contributed by atoms with Crippen molar-refractivity contribution in [1.29, 1.82) is 0 Å². The minimum Gasteiger partial charge on any atom is -0.496 e. The van der Waals surface area contributed by atoms with Crippen molar-refractivity contribution in [2.24, 2.45) is 5.92 Å². The Kier molecular flexibility index (Phi) is 3.50. The summed E-state index contributed by atoms with van der Waals surface area (Å²) in [4.78, 5) is 12.5. The first-order chi connectivity index (χ1) is 10.1. The molecule has 0 N–H and O–H groups in total. The van der Waals surface area contributed by atoms with Crippen molar-refractivity contribution in [2.45, 2.75) is 19.3 Å². The Labute approximate surface area is 123 Å².